The van der Waals surface area contributed by atoms with Crippen molar-refractivity contribution in [3.8, 4) is 0 Å². The van der Waals surface area contributed by atoms with Crippen molar-refractivity contribution in [2.45, 2.75) is 25.7 Å². The molecule has 1 aliphatic carbocycles. The van der Waals surface area contributed by atoms with Gasteiger partial charge in [-0.05, 0) is 25.7 Å². The van der Waals surface area contributed by atoms with Gasteiger partial charge >= 0.3 is 0 Å². The van der Waals surface area contributed by atoms with Crippen LogP contribution in [0.25, 0.3) is 0 Å². The van der Waals surface area contributed by atoms with Crippen molar-refractivity contribution in [1.29, 1.82) is 0 Å². The molecule has 0 heterocycles. The second kappa shape index (κ2) is 9.86. The van der Waals surface area contributed by atoms with Gasteiger partial charge < -0.3 is 0 Å². The van der Waals surface area contributed by atoms with Crippen LogP contribution < -0.4 is 0 Å². The van der Waals surface area contributed by atoms with Crippen molar-refractivity contribution in [2.24, 2.45) is 0 Å². The van der Waals surface area contributed by atoms with Crippen LogP contribution in [0.15, 0.2) is 24.3 Å². The van der Waals surface area contributed by atoms with E-state index < -0.39 is 0 Å². The predicted octanol–water partition coefficient (Wildman–Crippen LogP) is 2.67. The van der Waals surface area contributed by atoms with Gasteiger partial charge in [0.05, 0.1) is 0 Å². The summed E-state index contributed by atoms with van der Waals surface area (Å²) in [4.78, 5) is 0. The number of rotatable bonds is 0. The summed E-state index contributed by atoms with van der Waals surface area (Å²) in [6.45, 7) is 0. The van der Waals surface area contributed by atoms with Crippen molar-refractivity contribution in [2.75, 3.05) is 0 Å². The van der Waals surface area contributed by atoms with Crippen LogP contribution in [0.4, 0.5) is 0 Å². The van der Waals surface area contributed by atoms with E-state index in [9.17, 15) is 0 Å². The molecule has 0 radical (unpaired) electrons. The predicted molar refractivity (Wildman–Crippen MR) is 36.7 cm³/mol. The molecule has 0 aromatic rings. The van der Waals surface area contributed by atoms with E-state index in [4.69, 9.17) is 0 Å². The standard InChI is InChI=1S/C8H12.2Pt/c1-2-4-6-8-7-5-3-1;;/h1-4H,5-8H2;;. The summed E-state index contributed by atoms with van der Waals surface area (Å²) >= 11 is 0. The molecule has 1 rings (SSSR count). The summed E-state index contributed by atoms with van der Waals surface area (Å²) < 4.78 is 0. The molecule has 0 saturated carbocycles. The topological polar surface area (TPSA) is 0 Å². The summed E-state index contributed by atoms with van der Waals surface area (Å²) in [5.74, 6) is 0. The van der Waals surface area contributed by atoms with Crippen LogP contribution in [0, 0.1) is 0 Å². The first-order valence-corrected chi connectivity index (χ1v) is 3.32. The van der Waals surface area contributed by atoms with Crippen molar-refractivity contribution in [3.05, 3.63) is 24.3 Å². The monoisotopic (exact) mass is 498 g/mol. The molecule has 0 N–H and O–H groups in total. The van der Waals surface area contributed by atoms with Crippen LogP contribution in [0.3, 0.4) is 0 Å². The summed E-state index contributed by atoms with van der Waals surface area (Å²) in [5, 5.41) is 0. The summed E-state index contributed by atoms with van der Waals surface area (Å²) in [5.41, 5.74) is 0. The Morgan fingerprint density at radius 2 is 1.10 bits per heavy atom. The SMILES string of the molecule is C1=CCCCCC=C1.[Pt].[Pt]. The molecule has 0 unspecified atom stereocenters. The Balaban J connectivity index is 0. The number of hydrogen-bond donors (Lipinski definition) is 0. The Bertz CT molecular complexity index is 91.8. The van der Waals surface area contributed by atoms with E-state index in [-0.39, 0.29) is 42.1 Å². The van der Waals surface area contributed by atoms with Gasteiger partial charge in [-0.2, -0.15) is 0 Å². The Morgan fingerprint density at radius 1 is 0.700 bits per heavy atom. The third-order valence-corrected chi connectivity index (χ3v) is 1.37. The Hall–Kier alpha value is 0.857. The molecule has 0 aromatic heterocycles. The van der Waals surface area contributed by atoms with Crippen LogP contribution in [0.1, 0.15) is 25.7 Å². The van der Waals surface area contributed by atoms with E-state index >= 15 is 0 Å². The molecule has 1 aliphatic rings. The average molecular weight is 498 g/mol. The maximum absolute atomic E-state index is 2.23. The minimum Gasteiger partial charge on any atom is -0.0845 e. The maximum atomic E-state index is 2.23. The van der Waals surface area contributed by atoms with Crippen molar-refractivity contribution in [3.63, 3.8) is 0 Å². The summed E-state index contributed by atoms with van der Waals surface area (Å²) in [7, 11) is 0. The van der Waals surface area contributed by atoms with Gasteiger partial charge in [0.25, 0.3) is 0 Å². The van der Waals surface area contributed by atoms with Gasteiger partial charge in [0, 0.05) is 42.1 Å². The zero-order valence-electron chi connectivity index (χ0n) is 5.77. The average Bonchev–Trinajstić information content (AvgIpc) is 1.62. The molecule has 0 aliphatic heterocycles. The first-order valence-electron chi connectivity index (χ1n) is 3.32. The number of hydrogen-bond acceptors (Lipinski definition) is 0. The number of allylic oxidation sites excluding steroid dienone is 4. The molecule has 0 spiro atoms. The maximum Gasteiger partial charge on any atom is 0 e. The Labute approximate surface area is 91.7 Å². The zero-order valence-corrected chi connectivity index (χ0v) is 10.3. The molecule has 0 fully saturated rings. The fourth-order valence-corrected chi connectivity index (χ4v) is 0.874. The molecule has 0 saturated heterocycles. The summed E-state index contributed by atoms with van der Waals surface area (Å²) in [6.07, 6.45) is 14.0. The molecular weight excluding hydrogens is 486 g/mol. The van der Waals surface area contributed by atoms with Gasteiger partial charge in [-0.15, -0.1) is 0 Å². The summed E-state index contributed by atoms with van der Waals surface area (Å²) in [6, 6.07) is 0. The minimum atomic E-state index is 0. The van der Waals surface area contributed by atoms with E-state index in [1.54, 1.807) is 0 Å². The molecule has 0 aromatic carbocycles. The molecule has 0 bridgehead atoms. The van der Waals surface area contributed by atoms with E-state index in [0.717, 1.165) is 0 Å². The Morgan fingerprint density at radius 3 is 1.50 bits per heavy atom. The molecule has 0 atom stereocenters. The van der Waals surface area contributed by atoms with Crippen molar-refractivity contribution >= 4 is 0 Å². The van der Waals surface area contributed by atoms with Gasteiger partial charge in [-0.3, -0.25) is 0 Å². The van der Waals surface area contributed by atoms with Crippen LogP contribution in [-0.4, -0.2) is 0 Å². The third-order valence-electron chi connectivity index (χ3n) is 1.37. The van der Waals surface area contributed by atoms with Crippen molar-refractivity contribution < 1.29 is 42.1 Å². The van der Waals surface area contributed by atoms with Gasteiger partial charge in [0.15, 0.2) is 0 Å². The molecule has 2 heteroatoms. The molecule has 64 valence electrons. The van der Waals surface area contributed by atoms with Crippen molar-refractivity contribution in [1.82, 2.24) is 0 Å². The van der Waals surface area contributed by atoms with Gasteiger partial charge in [0.2, 0.25) is 0 Å². The Kier molecular flexibility index (Phi) is 13.3. The fourth-order valence-electron chi connectivity index (χ4n) is 0.874. The normalized spacial score (nSPS) is 16.0. The zero-order chi connectivity index (χ0) is 5.66. The first kappa shape index (κ1) is 13.4. The van der Waals surface area contributed by atoms with Crippen LogP contribution in [0.2, 0.25) is 0 Å². The van der Waals surface area contributed by atoms with E-state index in [0.29, 0.717) is 0 Å². The molecule has 10 heavy (non-hydrogen) atoms. The smallest absolute Gasteiger partial charge is 0 e. The quantitative estimate of drug-likeness (QED) is 0.482. The second-order valence-electron chi connectivity index (χ2n) is 2.14. The van der Waals surface area contributed by atoms with Gasteiger partial charge in [-0.1, -0.05) is 24.3 Å². The van der Waals surface area contributed by atoms with E-state index in [2.05, 4.69) is 24.3 Å². The van der Waals surface area contributed by atoms with Crippen LogP contribution in [0.5, 0.6) is 0 Å². The fraction of sp³-hybridized carbons (Fsp3) is 0.500. The van der Waals surface area contributed by atoms with Crippen LogP contribution in [-0.2, 0) is 42.1 Å². The molecule has 0 nitrogen and oxygen atoms in total. The molecular formula is C8H12Pt2. The van der Waals surface area contributed by atoms with E-state index in [1.165, 1.54) is 25.7 Å². The molecule has 0 amide bonds. The van der Waals surface area contributed by atoms with E-state index in [1.807, 2.05) is 0 Å². The minimum absolute atomic E-state index is 0. The van der Waals surface area contributed by atoms with Crippen LogP contribution >= 0.6 is 0 Å². The van der Waals surface area contributed by atoms with Gasteiger partial charge in [0.1, 0.15) is 0 Å². The second-order valence-corrected chi connectivity index (χ2v) is 2.14. The van der Waals surface area contributed by atoms with Gasteiger partial charge in [-0.25, -0.2) is 0 Å². The largest absolute Gasteiger partial charge is 0.0845 e. The first-order chi connectivity index (χ1) is 4.00. The third kappa shape index (κ3) is 6.97.